The van der Waals surface area contributed by atoms with Crippen LogP contribution in [-0.2, 0) is 4.79 Å². The molecule has 2 heterocycles. The van der Waals surface area contributed by atoms with Crippen molar-refractivity contribution < 1.29 is 23.5 Å². The van der Waals surface area contributed by atoms with Crippen molar-refractivity contribution in [3.05, 3.63) is 59.8 Å². The Morgan fingerprint density at radius 3 is 2.59 bits per heavy atom. The highest BCUT2D eigenvalue weighted by Crippen LogP contribution is 2.42. The van der Waals surface area contributed by atoms with Crippen LogP contribution in [0.15, 0.2) is 47.3 Å². The second kappa shape index (κ2) is 5.84. The molecule has 1 aromatic carbocycles. The maximum absolute atomic E-state index is 13.0. The minimum atomic E-state index is -1.31. The van der Waals surface area contributed by atoms with Gasteiger partial charge in [0.2, 0.25) is 0 Å². The molecule has 0 aliphatic carbocycles. The van der Waals surface area contributed by atoms with Crippen LogP contribution in [0.1, 0.15) is 21.3 Å². The molecule has 7 heteroatoms. The molecule has 1 aliphatic heterocycles. The molecule has 0 N–H and O–H groups in total. The van der Waals surface area contributed by atoms with Crippen molar-refractivity contribution in [1.82, 2.24) is 4.90 Å². The molecule has 0 saturated carbocycles. The highest BCUT2D eigenvalue weighted by molar-refractivity contribution is 7.99. The SMILES string of the molecule is O=C([O-])[C@H]1CS[C@H](c2ccoc2)N1C(=O)c1ccc(F)cc1. The summed E-state index contributed by atoms with van der Waals surface area (Å²) < 4.78 is 18.0. The van der Waals surface area contributed by atoms with E-state index in [2.05, 4.69) is 0 Å². The van der Waals surface area contributed by atoms with Gasteiger partial charge in [-0.15, -0.1) is 11.8 Å². The fourth-order valence-electron chi connectivity index (χ4n) is 2.35. The maximum Gasteiger partial charge on any atom is 0.255 e. The number of amides is 1. The van der Waals surface area contributed by atoms with E-state index >= 15 is 0 Å². The van der Waals surface area contributed by atoms with Gasteiger partial charge in [-0.25, -0.2) is 4.39 Å². The Balaban J connectivity index is 1.96. The maximum atomic E-state index is 13.0. The van der Waals surface area contributed by atoms with Crippen molar-refractivity contribution in [2.24, 2.45) is 0 Å². The molecule has 1 fully saturated rings. The number of furan rings is 1. The molecule has 0 bridgehead atoms. The zero-order valence-corrected chi connectivity index (χ0v) is 12.1. The number of hydrogen-bond donors (Lipinski definition) is 0. The number of aliphatic carboxylic acids is 1. The van der Waals surface area contributed by atoms with Crippen molar-refractivity contribution in [3.63, 3.8) is 0 Å². The van der Waals surface area contributed by atoms with E-state index in [9.17, 15) is 19.1 Å². The largest absolute Gasteiger partial charge is 0.548 e. The van der Waals surface area contributed by atoms with E-state index in [0.717, 1.165) is 12.1 Å². The van der Waals surface area contributed by atoms with Crippen molar-refractivity contribution in [2.45, 2.75) is 11.4 Å². The van der Waals surface area contributed by atoms with Crippen LogP contribution < -0.4 is 5.11 Å². The number of carbonyl (C=O) groups excluding carboxylic acids is 2. The first-order valence-electron chi connectivity index (χ1n) is 6.50. The molecule has 22 heavy (non-hydrogen) atoms. The van der Waals surface area contributed by atoms with Crippen LogP contribution in [0.2, 0.25) is 0 Å². The smallest absolute Gasteiger partial charge is 0.255 e. The van der Waals surface area contributed by atoms with E-state index in [1.54, 1.807) is 6.07 Å². The lowest BCUT2D eigenvalue weighted by Crippen LogP contribution is -2.49. The Labute approximate surface area is 129 Å². The first-order valence-corrected chi connectivity index (χ1v) is 7.55. The molecule has 2 aromatic rings. The molecular formula is C15H11FNO4S-. The molecule has 2 atom stereocenters. The van der Waals surface area contributed by atoms with Crippen LogP contribution in [-0.4, -0.2) is 28.6 Å². The van der Waals surface area contributed by atoms with Crippen molar-refractivity contribution in [1.29, 1.82) is 0 Å². The van der Waals surface area contributed by atoms with Crippen LogP contribution in [0.4, 0.5) is 4.39 Å². The fourth-order valence-corrected chi connectivity index (χ4v) is 3.74. The quantitative estimate of drug-likeness (QED) is 0.855. The lowest BCUT2D eigenvalue weighted by molar-refractivity contribution is -0.310. The van der Waals surface area contributed by atoms with Gasteiger partial charge in [0.15, 0.2) is 0 Å². The average molecular weight is 320 g/mol. The minimum Gasteiger partial charge on any atom is -0.548 e. The molecule has 0 radical (unpaired) electrons. The van der Waals surface area contributed by atoms with Gasteiger partial charge in [-0.1, -0.05) is 0 Å². The average Bonchev–Trinajstić information content (AvgIpc) is 3.16. The highest BCUT2D eigenvalue weighted by atomic mass is 32.2. The number of thioether (sulfide) groups is 1. The number of carbonyl (C=O) groups is 2. The Bertz CT molecular complexity index is 686. The molecular weight excluding hydrogens is 309 g/mol. The lowest BCUT2D eigenvalue weighted by atomic mass is 10.1. The Hall–Kier alpha value is -2.28. The van der Waals surface area contributed by atoms with Crippen LogP contribution in [0.5, 0.6) is 0 Å². The van der Waals surface area contributed by atoms with Crippen LogP contribution in [0, 0.1) is 5.82 Å². The van der Waals surface area contributed by atoms with Crippen LogP contribution in [0.3, 0.4) is 0 Å². The van der Waals surface area contributed by atoms with Crippen molar-refractivity contribution >= 4 is 23.6 Å². The lowest BCUT2D eigenvalue weighted by Gasteiger charge is -2.29. The first kappa shape index (κ1) is 14.6. The van der Waals surface area contributed by atoms with E-state index in [1.807, 2.05) is 0 Å². The van der Waals surface area contributed by atoms with Gasteiger partial charge in [-0.3, -0.25) is 4.79 Å². The van der Waals surface area contributed by atoms with Crippen LogP contribution in [0.25, 0.3) is 0 Å². The molecule has 1 amide bonds. The highest BCUT2D eigenvalue weighted by Gasteiger charge is 2.40. The first-order chi connectivity index (χ1) is 10.6. The third kappa shape index (κ3) is 2.59. The topological polar surface area (TPSA) is 73.6 Å². The zero-order valence-electron chi connectivity index (χ0n) is 11.3. The molecule has 1 aromatic heterocycles. The van der Waals surface area contributed by atoms with Crippen molar-refractivity contribution in [2.75, 3.05) is 5.75 Å². The summed E-state index contributed by atoms with van der Waals surface area (Å²) in [5.74, 6) is -2.03. The van der Waals surface area contributed by atoms with Gasteiger partial charge in [0.05, 0.1) is 24.5 Å². The van der Waals surface area contributed by atoms with Gasteiger partial charge < -0.3 is 19.2 Å². The van der Waals surface area contributed by atoms with Gasteiger partial charge in [0, 0.05) is 16.9 Å². The van der Waals surface area contributed by atoms with Gasteiger partial charge in [0.25, 0.3) is 5.91 Å². The van der Waals surface area contributed by atoms with Crippen LogP contribution >= 0.6 is 11.8 Å². The fraction of sp³-hybridized carbons (Fsp3) is 0.200. The van der Waals surface area contributed by atoms with Crippen molar-refractivity contribution in [3.8, 4) is 0 Å². The Morgan fingerprint density at radius 2 is 2.00 bits per heavy atom. The normalized spacial score (nSPS) is 21.0. The Morgan fingerprint density at radius 1 is 1.27 bits per heavy atom. The van der Waals surface area contributed by atoms with Gasteiger partial charge in [-0.05, 0) is 30.3 Å². The molecule has 0 unspecified atom stereocenters. The second-order valence-corrected chi connectivity index (χ2v) is 5.91. The summed E-state index contributed by atoms with van der Waals surface area (Å²) in [7, 11) is 0. The molecule has 5 nitrogen and oxygen atoms in total. The minimum absolute atomic E-state index is 0.226. The number of hydrogen-bond acceptors (Lipinski definition) is 5. The van der Waals surface area contributed by atoms with E-state index in [1.165, 1.54) is 41.3 Å². The summed E-state index contributed by atoms with van der Waals surface area (Å²) in [5.41, 5.74) is 0.924. The molecule has 1 saturated heterocycles. The summed E-state index contributed by atoms with van der Waals surface area (Å²) >= 11 is 1.32. The molecule has 114 valence electrons. The van der Waals surface area contributed by atoms with Gasteiger partial charge >= 0.3 is 0 Å². The number of carboxylic acids is 1. The standard InChI is InChI=1S/C15H12FNO4S/c16-11-3-1-9(2-4-11)13(18)17-12(15(19)20)8-22-14(17)10-5-6-21-7-10/h1-7,12,14H,8H2,(H,19,20)/p-1/t12-,14-/m1/s1. The summed E-state index contributed by atoms with van der Waals surface area (Å²) in [5, 5.41) is 10.8. The Kier molecular flexibility index (Phi) is 3.89. The van der Waals surface area contributed by atoms with E-state index < -0.39 is 29.1 Å². The van der Waals surface area contributed by atoms with E-state index in [0.29, 0.717) is 5.56 Å². The molecule has 0 spiro atoms. The third-order valence-corrected chi connectivity index (χ3v) is 4.75. The third-order valence-electron chi connectivity index (χ3n) is 3.43. The van der Waals surface area contributed by atoms with E-state index in [-0.39, 0.29) is 11.3 Å². The van der Waals surface area contributed by atoms with E-state index in [4.69, 9.17) is 4.42 Å². The summed E-state index contributed by atoms with van der Waals surface area (Å²) in [4.78, 5) is 25.2. The predicted octanol–water partition coefficient (Wildman–Crippen LogP) is 1.43. The zero-order chi connectivity index (χ0) is 15.7. The number of nitrogens with zero attached hydrogens (tertiary/aromatic N) is 1. The molecule has 1 aliphatic rings. The predicted molar refractivity (Wildman–Crippen MR) is 75.3 cm³/mol. The summed E-state index contributed by atoms with van der Waals surface area (Å²) in [6, 6.07) is 5.63. The number of carboxylic acid groups (broad SMARTS) is 1. The summed E-state index contributed by atoms with van der Waals surface area (Å²) in [6.07, 6.45) is 2.93. The second-order valence-electron chi connectivity index (χ2n) is 4.80. The monoisotopic (exact) mass is 320 g/mol. The van der Waals surface area contributed by atoms with Gasteiger partial charge in [-0.2, -0.15) is 0 Å². The number of halogens is 1. The summed E-state index contributed by atoms with van der Waals surface area (Å²) in [6.45, 7) is 0. The number of benzene rings is 1. The molecule has 3 rings (SSSR count). The number of rotatable bonds is 3. The van der Waals surface area contributed by atoms with Gasteiger partial charge in [0.1, 0.15) is 11.2 Å².